The van der Waals surface area contributed by atoms with E-state index in [4.69, 9.17) is 5.11 Å². The largest absolute Gasteiger partial charge is 0.396 e. The van der Waals surface area contributed by atoms with Crippen molar-refractivity contribution >= 4 is 5.91 Å². The minimum absolute atomic E-state index is 0.155. The van der Waals surface area contributed by atoms with Crippen LogP contribution in [0.2, 0.25) is 0 Å². The molecule has 136 valence electrons. The van der Waals surface area contributed by atoms with Gasteiger partial charge in [0.05, 0.1) is 0 Å². The number of nitrogens with one attached hydrogen (secondary N) is 1. The lowest BCUT2D eigenvalue weighted by atomic mass is 10.1. The van der Waals surface area contributed by atoms with Crippen LogP contribution in [0.15, 0.2) is 12.2 Å². The Morgan fingerprint density at radius 1 is 1.00 bits per heavy atom. The number of nitrogens with zero attached hydrogens (tertiary/aromatic N) is 1. The molecule has 0 aliphatic heterocycles. The molecule has 0 bridgehead atoms. The summed E-state index contributed by atoms with van der Waals surface area (Å²) in [4.78, 5) is 13.9. The van der Waals surface area contributed by atoms with Gasteiger partial charge in [-0.1, -0.05) is 51.2 Å². The molecule has 0 aromatic rings. The van der Waals surface area contributed by atoms with E-state index >= 15 is 0 Å². The molecule has 4 heteroatoms. The van der Waals surface area contributed by atoms with Crippen LogP contribution in [0.3, 0.4) is 0 Å². The lowest BCUT2D eigenvalue weighted by Gasteiger charge is -2.16. The van der Waals surface area contributed by atoms with Crippen LogP contribution in [-0.4, -0.2) is 49.2 Å². The number of carbonyl (C=O) groups is 1. The Bertz CT molecular complexity index is 293. The average molecular weight is 327 g/mol. The second-order valence-electron chi connectivity index (χ2n) is 6.27. The summed E-state index contributed by atoms with van der Waals surface area (Å²) >= 11 is 0. The van der Waals surface area contributed by atoms with Gasteiger partial charge in [-0.2, -0.15) is 0 Å². The summed E-state index contributed by atoms with van der Waals surface area (Å²) in [6.07, 6.45) is 15.1. The Labute approximate surface area is 143 Å². The Hall–Kier alpha value is -0.870. The Morgan fingerprint density at radius 3 is 2.30 bits per heavy atom. The van der Waals surface area contributed by atoms with Crippen LogP contribution < -0.4 is 5.32 Å². The van der Waals surface area contributed by atoms with Crippen molar-refractivity contribution in [3.05, 3.63) is 12.2 Å². The van der Waals surface area contributed by atoms with E-state index in [1.165, 1.54) is 32.1 Å². The van der Waals surface area contributed by atoms with E-state index in [0.29, 0.717) is 13.0 Å². The fraction of sp³-hybridized carbons (Fsp3) is 0.842. The first-order valence-electron chi connectivity index (χ1n) is 9.41. The molecular weight excluding hydrogens is 288 g/mol. The number of carbonyl (C=O) groups excluding carboxylic acids is 1. The van der Waals surface area contributed by atoms with E-state index in [2.05, 4.69) is 36.3 Å². The van der Waals surface area contributed by atoms with Crippen LogP contribution in [0.5, 0.6) is 0 Å². The van der Waals surface area contributed by atoms with Gasteiger partial charge in [0.15, 0.2) is 0 Å². The van der Waals surface area contributed by atoms with Gasteiger partial charge < -0.3 is 15.3 Å². The Balaban J connectivity index is 3.34. The zero-order valence-electron chi connectivity index (χ0n) is 15.4. The molecule has 2 N–H and O–H groups in total. The summed E-state index contributed by atoms with van der Waals surface area (Å²) in [6.45, 7) is 5.20. The second-order valence-corrected chi connectivity index (χ2v) is 6.27. The molecule has 0 aliphatic rings. The third kappa shape index (κ3) is 17.3. The van der Waals surface area contributed by atoms with E-state index < -0.39 is 0 Å². The van der Waals surface area contributed by atoms with Gasteiger partial charge in [-0.3, -0.25) is 4.79 Å². The molecule has 4 nitrogen and oxygen atoms in total. The van der Waals surface area contributed by atoms with E-state index in [9.17, 15) is 4.79 Å². The number of hydrogen-bond donors (Lipinski definition) is 2. The fourth-order valence-corrected chi connectivity index (χ4v) is 2.46. The van der Waals surface area contributed by atoms with Crippen molar-refractivity contribution in [2.24, 2.45) is 0 Å². The highest BCUT2D eigenvalue weighted by Gasteiger charge is 2.01. The summed E-state index contributed by atoms with van der Waals surface area (Å²) in [5, 5.41) is 11.7. The SMILES string of the molecule is CC/C=C/CCC(=O)NCCN(C)CCCCCCCCCO. The molecule has 23 heavy (non-hydrogen) atoms. The minimum Gasteiger partial charge on any atom is -0.396 e. The van der Waals surface area contributed by atoms with Crippen molar-refractivity contribution in [2.75, 3.05) is 33.3 Å². The zero-order chi connectivity index (χ0) is 17.2. The molecule has 0 unspecified atom stereocenters. The van der Waals surface area contributed by atoms with Crippen LogP contribution in [0.4, 0.5) is 0 Å². The normalized spacial score (nSPS) is 11.5. The lowest BCUT2D eigenvalue weighted by molar-refractivity contribution is -0.121. The van der Waals surface area contributed by atoms with E-state index in [-0.39, 0.29) is 5.91 Å². The van der Waals surface area contributed by atoms with E-state index in [1.54, 1.807) is 0 Å². The highest BCUT2D eigenvalue weighted by Crippen LogP contribution is 2.07. The van der Waals surface area contributed by atoms with Gasteiger partial charge in [0.2, 0.25) is 5.91 Å². The predicted molar refractivity (Wildman–Crippen MR) is 98.6 cm³/mol. The van der Waals surface area contributed by atoms with Crippen LogP contribution in [-0.2, 0) is 4.79 Å². The molecule has 0 fully saturated rings. The number of hydrogen-bond acceptors (Lipinski definition) is 3. The highest BCUT2D eigenvalue weighted by molar-refractivity contribution is 5.75. The smallest absolute Gasteiger partial charge is 0.220 e. The third-order valence-electron chi connectivity index (χ3n) is 3.95. The Kier molecular flexibility index (Phi) is 16.8. The standard InChI is InChI=1S/C19H38N2O2/c1-3-4-5-11-14-19(23)20-15-17-21(2)16-12-9-7-6-8-10-13-18-22/h4-5,22H,3,6-18H2,1-2H3,(H,20,23)/b5-4+. The quantitative estimate of drug-likeness (QED) is 0.337. The fourth-order valence-electron chi connectivity index (χ4n) is 2.46. The molecular formula is C19H38N2O2. The first-order chi connectivity index (χ1) is 11.2. The van der Waals surface area contributed by atoms with Crippen LogP contribution in [0, 0.1) is 0 Å². The maximum atomic E-state index is 11.6. The number of likely N-dealkylation sites (N-methyl/N-ethyl adjacent to an activating group) is 1. The summed E-state index contributed by atoms with van der Waals surface area (Å²) in [6, 6.07) is 0. The summed E-state index contributed by atoms with van der Waals surface area (Å²) in [7, 11) is 2.12. The number of rotatable bonds is 16. The topological polar surface area (TPSA) is 52.6 Å². The van der Waals surface area contributed by atoms with Gasteiger partial charge in [-0.25, -0.2) is 0 Å². The van der Waals surface area contributed by atoms with Gasteiger partial charge >= 0.3 is 0 Å². The number of aliphatic hydroxyl groups excluding tert-OH is 1. The van der Waals surface area contributed by atoms with Gasteiger partial charge in [0, 0.05) is 26.1 Å². The monoisotopic (exact) mass is 326 g/mol. The van der Waals surface area contributed by atoms with E-state index in [0.717, 1.165) is 45.3 Å². The molecule has 0 spiro atoms. The first-order valence-corrected chi connectivity index (χ1v) is 9.41. The number of unbranched alkanes of at least 4 members (excludes halogenated alkanes) is 6. The van der Waals surface area contributed by atoms with Crippen molar-refractivity contribution < 1.29 is 9.90 Å². The maximum absolute atomic E-state index is 11.6. The lowest BCUT2D eigenvalue weighted by Crippen LogP contribution is -2.33. The molecule has 0 radical (unpaired) electrons. The molecule has 0 atom stereocenters. The van der Waals surface area contributed by atoms with Crippen LogP contribution in [0.25, 0.3) is 0 Å². The molecule has 0 saturated carbocycles. The summed E-state index contributed by atoms with van der Waals surface area (Å²) in [5.41, 5.74) is 0. The highest BCUT2D eigenvalue weighted by atomic mass is 16.2. The van der Waals surface area contributed by atoms with Crippen LogP contribution in [0.1, 0.15) is 71.1 Å². The van der Waals surface area contributed by atoms with E-state index in [1.807, 2.05) is 0 Å². The molecule has 0 aromatic carbocycles. The third-order valence-corrected chi connectivity index (χ3v) is 3.95. The molecule has 0 saturated heterocycles. The van der Waals surface area contributed by atoms with Gasteiger partial charge in [0.1, 0.15) is 0 Å². The maximum Gasteiger partial charge on any atom is 0.220 e. The van der Waals surface area contributed by atoms with Crippen molar-refractivity contribution in [3.8, 4) is 0 Å². The predicted octanol–water partition coefficient (Wildman–Crippen LogP) is 3.50. The minimum atomic E-state index is 0.155. The summed E-state index contributed by atoms with van der Waals surface area (Å²) in [5.74, 6) is 0.155. The second kappa shape index (κ2) is 17.5. The zero-order valence-corrected chi connectivity index (χ0v) is 15.4. The average Bonchev–Trinajstić information content (AvgIpc) is 2.54. The van der Waals surface area contributed by atoms with Crippen molar-refractivity contribution in [2.45, 2.75) is 71.1 Å². The number of allylic oxidation sites excluding steroid dienone is 2. The van der Waals surface area contributed by atoms with Gasteiger partial charge in [-0.15, -0.1) is 0 Å². The van der Waals surface area contributed by atoms with Gasteiger partial charge in [-0.05, 0) is 39.3 Å². The first kappa shape index (κ1) is 22.1. The van der Waals surface area contributed by atoms with Crippen molar-refractivity contribution in [1.29, 1.82) is 0 Å². The molecule has 1 amide bonds. The molecule has 0 heterocycles. The van der Waals surface area contributed by atoms with Crippen molar-refractivity contribution in [3.63, 3.8) is 0 Å². The molecule has 0 aliphatic carbocycles. The molecule has 0 aromatic heterocycles. The van der Waals surface area contributed by atoms with Crippen molar-refractivity contribution in [1.82, 2.24) is 10.2 Å². The number of aliphatic hydroxyl groups is 1. The van der Waals surface area contributed by atoms with Gasteiger partial charge in [0.25, 0.3) is 0 Å². The number of amides is 1. The Morgan fingerprint density at radius 2 is 1.65 bits per heavy atom. The van der Waals surface area contributed by atoms with Crippen LogP contribution >= 0.6 is 0 Å². The summed E-state index contributed by atoms with van der Waals surface area (Å²) < 4.78 is 0. The molecule has 0 rings (SSSR count).